The first-order valence-electron chi connectivity index (χ1n) is 8.24. The SMILES string of the molecule is CC(C)OCCCNC(=O)CN(C)C1CCc2ccccc21. The maximum atomic E-state index is 12.0. The van der Waals surface area contributed by atoms with Gasteiger partial charge < -0.3 is 10.1 Å². The van der Waals surface area contributed by atoms with E-state index < -0.39 is 0 Å². The zero-order valence-electron chi connectivity index (χ0n) is 14.0. The number of aryl methyl sites for hydroxylation is 1. The van der Waals surface area contributed by atoms with Crippen LogP contribution in [0.4, 0.5) is 0 Å². The average molecular weight is 304 g/mol. The molecular formula is C18H28N2O2. The predicted octanol–water partition coefficient (Wildman–Crippen LogP) is 2.54. The van der Waals surface area contributed by atoms with E-state index in [1.165, 1.54) is 11.1 Å². The van der Waals surface area contributed by atoms with Gasteiger partial charge in [-0.2, -0.15) is 0 Å². The minimum absolute atomic E-state index is 0.0939. The van der Waals surface area contributed by atoms with Gasteiger partial charge in [0.15, 0.2) is 0 Å². The Morgan fingerprint density at radius 2 is 2.18 bits per heavy atom. The predicted molar refractivity (Wildman–Crippen MR) is 88.8 cm³/mol. The standard InChI is InChI=1S/C18H28N2O2/c1-14(2)22-12-6-11-19-18(21)13-20(3)17-10-9-15-7-4-5-8-16(15)17/h4-5,7-8,14,17H,6,9-13H2,1-3H3,(H,19,21). The molecule has 1 aromatic rings. The van der Waals surface area contributed by atoms with Crippen LogP contribution in [-0.4, -0.2) is 43.7 Å². The number of nitrogens with one attached hydrogen (secondary N) is 1. The molecule has 0 aromatic heterocycles. The van der Waals surface area contributed by atoms with Crippen molar-refractivity contribution >= 4 is 5.91 Å². The number of nitrogens with zero attached hydrogens (tertiary/aromatic N) is 1. The van der Waals surface area contributed by atoms with Crippen LogP contribution in [0.1, 0.15) is 43.9 Å². The van der Waals surface area contributed by atoms with Crippen molar-refractivity contribution < 1.29 is 9.53 Å². The third-order valence-electron chi connectivity index (χ3n) is 4.12. The molecule has 0 heterocycles. The topological polar surface area (TPSA) is 41.6 Å². The molecule has 0 aliphatic heterocycles. The molecule has 0 saturated carbocycles. The van der Waals surface area contributed by atoms with Crippen LogP contribution in [0.2, 0.25) is 0 Å². The Hall–Kier alpha value is -1.39. The molecule has 22 heavy (non-hydrogen) atoms. The third-order valence-corrected chi connectivity index (χ3v) is 4.12. The van der Waals surface area contributed by atoms with Gasteiger partial charge in [0.1, 0.15) is 0 Å². The van der Waals surface area contributed by atoms with Gasteiger partial charge in [-0.25, -0.2) is 0 Å². The average Bonchev–Trinajstić information content (AvgIpc) is 2.90. The molecule has 1 unspecified atom stereocenters. The number of likely N-dealkylation sites (N-methyl/N-ethyl adjacent to an activating group) is 1. The second kappa shape index (κ2) is 8.30. The fraction of sp³-hybridized carbons (Fsp3) is 0.611. The zero-order valence-corrected chi connectivity index (χ0v) is 14.0. The van der Waals surface area contributed by atoms with Gasteiger partial charge >= 0.3 is 0 Å². The highest BCUT2D eigenvalue weighted by Gasteiger charge is 2.26. The summed E-state index contributed by atoms with van der Waals surface area (Å²) >= 11 is 0. The summed E-state index contributed by atoms with van der Waals surface area (Å²) in [7, 11) is 2.04. The summed E-state index contributed by atoms with van der Waals surface area (Å²) in [5, 5.41) is 2.97. The van der Waals surface area contributed by atoms with Crippen molar-refractivity contribution in [2.45, 2.75) is 45.3 Å². The lowest BCUT2D eigenvalue weighted by atomic mass is 10.1. The molecule has 4 heteroatoms. The second-order valence-corrected chi connectivity index (χ2v) is 6.29. The number of hydrogen-bond donors (Lipinski definition) is 1. The van der Waals surface area contributed by atoms with Crippen molar-refractivity contribution in [2.75, 3.05) is 26.7 Å². The number of benzene rings is 1. The van der Waals surface area contributed by atoms with Crippen molar-refractivity contribution in [3.63, 3.8) is 0 Å². The summed E-state index contributed by atoms with van der Waals surface area (Å²) < 4.78 is 5.46. The Balaban J connectivity index is 1.71. The molecule has 0 saturated heterocycles. The van der Waals surface area contributed by atoms with Crippen LogP contribution in [0.25, 0.3) is 0 Å². The van der Waals surface area contributed by atoms with E-state index in [1.54, 1.807) is 0 Å². The van der Waals surface area contributed by atoms with Crippen molar-refractivity contribution in [1.82, 2.24) is 10.2 Å². The Morgan fingerprint density at radius 1 is 1.41 bits per heavy atom. The van der Waals surface area contributed by atoms with Gasteiger partial charge in [0.25, 0.3) is 0 Å². The number of ether oxygens (including phenoxy) is 1. The highest BCUT2D eigenvalue weighted by molar-refractivity contribution is 5.78. The van der Waals surface area contributed by atoms with E-state index in [2.05, 4.69) is 34.5 Å². The van der Waals surface area contributed by atoms with Gasteiger partial charge in [-0.15, -0.1) is 0 Å². The lowest BCUT2D eigenvalue weighted by Gasteiger charge is -2.24. The van der Waals surface area contributed by atoms with E-state index in [9.17, 15) is 4.79 Å². The number of carbonyl (C=O) groups excluding carboxylic acids is 1. The van der Waals surface area contributed by atoms with Crippen LogP contribution in [0.3, 0.4) is 0 Å². The number of fused-ring (bicyclic) bond motifs is 1. The van der Waals surface area contributed by atoms with E-state index in [0.717, 1.165) is 19.3 Å². The van der Waals surface area contributed by atoms with Crippen LogP contribution in [0.5, 0.6) is 0 Å². The van der Waals surface area contributed by atoms with Crippen molar-refractivity contribution in [2.24, 2.45) is 0 Å². The molecule has 1 aliphatic rings. The molecular weight excluding hydrogens is 276 g/mol. The highest BCUT2D eigenvalue weighted by Crippen LogP contribution is 2.34. The second-order valence-electron chi connectivity index (χ2n) is 6.29. The van der Waals surface area contributed by atoms with Gasteiger partial charge in [0.2, 0.25) is 5.91 Å². The summed E-state index contributed by atoms with van der Waals surface area (Å²) in [5.41, 5.74) is 2.80. The summed E-state index contributed by atoms with van der Waals surface area (Å²) in [4.78, 5) is 14.2. The van der Waals surface area contributed by atoms with Gasteiger partial charge in [0.05, 0.1) is 12.6 Å². The van der Waals surface area contributed by atoms with Crippen LogP contribution in [0, 0.1) is 0 Å². The highest BCUT2D eigenvalue weighted by atomic mass is 16.5. The molecule has 0 fully saturated rings. The molecule has 1 amide bonds. The molecule has 122 valence electrons. The molecule has 1 atom stereocenters. The van der Waals surface area contributed by atoms with Crippen molar-refractivity contribution in [3.8, 4) is 0 Å². The smallest absolute Gasteiger partial charge is 0.234 e. The first-order chi connectivity index (χ1) is 10.6. The van der Waals surface area contributed by atoms with E-state index >= 15 is 0 Å². The molecule has 1 N–H and O–H groups in total. The molecule has 1 aliphatic carbocycles. The number of amides is 1. The zero-order chi connectivity index (χ0) is 15.9. The molecule has 4 nitrogen and oxygen atoms in total. The Kier molecular flexibility index (Phi) is 6.40. The van der Waals surface area contributed by atoms with E-state index in [-0.39, 0.29) is 12.0 Å². The van der Waals surface area contributed by atoms with Crippen LogP contribution >= 0.6 is 0 Å². The van der Waals surface area contributed by atoms with E-state index in [4.69, 9.17) is 4.74 Å². The summed E-state index contributed by atoms with van der Waals surface area (Å²) in [6.45, 7) is 5.87. The third kappa shape index (κ3) is 4.82. The van der Waals surface area contributed by atoms with Gasteiger partial charge in [-0.3, -0.25) is 9.69 Å². The Morgan fingerprint density at radius 3 is 2.95 bits per heavy atom. The first-order valence-corrected chi connectivity index (χ1v) is 8.24. The van der Waals surface area contributed by atoms with Gasteiger partial charge in [-0.05, 0) is 51.3 Å². The number of carbonyl (C=O) groups is 1. The Bertz CT molecular complexity index is 488. The lowest BCUT2D eigenvalue weighted by Crippen LogP contribution is -2.37. The van der Waals surface area contributed by atoms with Crippen LogP contribution in [0.15, 0.2) is 24.3 Å². The van der Waals surface area contributed by atoms with Crippen LogP contribution in [-0.2, 0) is 16.0 Å². The molecule has 2 rings (SSSR count). The minimum atomic E-state index is 0.0939. The number of hydrogen-bond acceptors (Lipinski definition) is 3. The maximum absolute atomic E-state index is 12.0. The first kappa shape index (κ1) is 17.0. The van der Waals surface area contributed by atoms with E-state index in [0.29, 0.717) is 25.7 Å². The van der Waals surface area contributed by atoms with Crippen LogP contribution < -0.4 is 5.32 Å². The minimum Gasteiger partial charge on any atom is -0.379 e. The number of rotatable bonds is 8. The quantitative estimate of drug-likeness (QED) is 0.750. The van der Waals surface area contributed by atoms with E-state index in [1.807, 2.05) is 20.9 Å². The summed E-state index contributed by atoms with van der Waals surface area (Å²) in [5.74, 6) is 0.0939. The van der Waals surface area contributed by atoms with Crippen molar-refractivity contribution in [1.29, 1.82) is 0 Å². The summed E-state index contributed by atoms with van der Waals surface area (Å²) in [6, 6.07) is 8.92. The van der Waals surface area contributed by atoms with Gasteiger partial charge in [-0.1, -0.05) is 24.3 Å². The monoisotopic (exact) mass is 304 g/mol. The van der Waals surface area contributed by atoms with Crippen molar-refractivity contribution in [3.05, 3.63) is 35.4 Å². The summed E-state index contributed by atoms with van der Waals surface area (Å²) in [6.07, 6.45) is 3.33. The molecule has 1 aromatic carbocycles. The molecule has 0 radical (unpaired) electrons. The normalized spacial score (nSPS) is 17.0. The molecule has 0 spiro atoms. The maximum Gasteiger partial charge on any atom is 0.234 e. The lowest BCUT2D eigenvalue weighted by molar-refractivity contribution is -0.122. The fourth-order valence-corrected chi connectivity index (χ4v) is 3.00. The van der Waals surface area contributed by atoms with Gasteiger partial charge in [0, 0.05) is 19.2 Å². The Labute approximate surface area is 133 Å². The molecule has 0 bridgehead atoms. The fourth-order valence-electron chi connectivity index (χ4n) is 3.00. The largest absolute Gasteiger partial charge is 0.379 e.